The molecule has 0 amide bonds. The molecule has 38 heavy (non-hydrogen) atoms. The van der Waals surface area contributed by atoms with Crippen LogP contribution < -0.4 is 14.2 Å². The number of esters is 1. The molecule has 0 N–H and O–H groups in total. The van der Waals surface area contributed by atoms with Crippen molar-refractivity contribution in [3.63, 3.8) is 0 Å². The van der Waals surface area contributed by atoms with E-state index in [1.807, 2.05) is 43.3 Å². The Morgan fingerprint density at radius 1 is 0.947 bits per heavy atom. The highest BCUT2D eigenvalue weighted by Crippen LogP contribution is 2.49. The normalized spacial score (nSPS) is 20.9. The Morgan fingerprint density at radius 3 is 2.34 bits per heavy atom. The van der Waals surface area contributed by atoms with Crippen molar-refractivity contribution in [1.29, 1.82) is 0 Å². The van der Waals surface area contributed by atoms with Crippen LogP contribution in [-0.2, 0) is 19.1 Å². The average Bonchev–Trinajstić information content (AvgIpc) is 2.91. The largest absolute Gasteiger partial charge is 0.496 e. The van der Waals surface area contributed by atoms with Gasteiger partial charge in [0.2, 0.25) is 0 Å². The molecule has 0 saturated carbocycles. The SMILES string of the molecule is COCCOC(=O)C1C(C)=NC2=C(C(=O)C[C@H](c3ccc(OC)c(OC)c3)C2)[C@H]1c1cc(Br)ccc1OC. The smallest absolute Gasteiger partial charge is 0.315 e. The van der Waals surface area contributed by atoms with E-state index in [4.69, 9.17) is 28.7 Å². The Hall–Kier alpha value is -3.17. The summed E-state index contributed by atoms with van der Waals surface area (Å²) < 4.78 is 27.9. The van der Waals surface area contributed by atoms with E-state index in [9.17, 15) is 9.59 Å². The molecule has 202 valence electrons. The summed E-state index contributed by atoms with van der Waals surface area (Å²) in [7, 11) is 6.30. The number of halogens is 1. The second-order valence-corrected chi connectivity index (χ2v) is 10.2. The van der Waals surface area contributed by atoms with Crippen LogP contribution in [0.4, 0.5) is 0 Å². The van der Waals surface area contributed by atoms with Crippen LogP contribution >= 0.6 is 15.9 Å². The van der Waals surface area contributed by atoms with E-state index in [2.05, 4.69) is 15.9 Å². The highest BCUT2D eigenvalue weighted by atomic mass is 79.9. The monoisotopic (exact) mass is 585 g/mol. The number of aliphatic imine (C=N–C) groups is 1. The lowest BCUT2D eigenvalue weighted by molar-refractivity contribution is -0.147. The van der Waals surface area contributed by atoms with Crippen molar-refractivity contribution in [2.24, 2.45) is 10.9 Å². The Balaban J connectivity index is 1.79. The van der Waals surface area contributed by atoms with Gasteiger partial charge in [0.25, 0.3) is 0 Å². The van der Waals surface area contributed by atoms with E-state index in [1.54, 1.807) is 28.4 Å². The van der Waals surface area contributed by atoms with Gasteiger partial charge in [0.15, 0.2) is 17.3 Å². The van der Waals surface area contributed by atoms with Crippen LogP contribution in [0.1, 0.15) is 42.7 Å². The topological polar surface area (TPSA) is 92.7 Å². The minimum atomic E-state index is -0.768. The standard InChI is InChI=1S/C29H32BrNO7/c1-16-26(29(33)38-11-10-34-2)27(20-15-19(30)7-9-23(20)35-3)28-21(31-16)12-18(13-22(28)32)17-6-8-24(36-4)25(14-17)37-5/h6-9,14-15,18,26-27H,10-13H2,1-5H3/t18-,26?,27+/m1/s1. The zero-order chi connectivity index (χ0) is 27.4. The number of hydrogen-bond donors (Lipinski definition) is 0. The van der Waals surface area contributed by atoms with Crippen molar-refractivity contribution in [2.45, 2.75) is 31.6 Å². The molecule has 1 aliphatic carbocycles. The molecule has 2 aromatic rings. The van der Waals surface area contributed by atoms with Crippen LogP contribution in [0, 0.1) is 5.92 Å². The van der Waals surface area contributed by atoms with E-state index in [0.717, 1.165) is 15.6 Å². The number of Topliss-reactive ketones (excluding diaryl/α,β-unsaturated/α-hetero) is 1. The Kier molecular flexibility index (Phi) is 8.89. The summed E-state index contributed by atoms with van der Waals surface area (Å²) in [5.41, 5.74) is 3.52. The number of nitrogens with zero attached hydrogens (tertiary/aromatic N) is 1. The maximum absolute atomic E-state index is 13.9. The molecule has 1 unspecified atom stereocenters. The molecule has 0 fully saturated rings. The lowest BCUT2D eigenvalue weighted by atomic mass is 9.69. The van der Waals surface area contributed by atoms with Gasteiger partial charge in [-0.1, -0.05) is 22.0 Å². The van der Waals surface area contributed by atoms with Gasteiger partial charge in [-0.05, 0) is 55.2 Å². The van der Waals surface area contributed by atoms with Gasteiger partial charge in [0, 0.05) is 46.5 Å². The van der Waals surface area contributed by atoms with Crippen LogP contribution in [0.25, 0.3) is 0 Å². The molecule has 0 spiro atoms. The van der Waals surface area contributed by atoms with Gasteiger partial charge >= 0.3 is 5.97 Å². The first kappa shape index (κ1) is 27.9. The molecule has 2 aliphatic rings. The summed E-state index contributed by atoms with van der Waals surface area (Å²) in [5, 5.41) is 0. The van der Waals surface area contributed by atoms with E-state index in [1.165, 1.54) is 0 Å². The van der Waals surface area contributed by atoms with Gasteiger partial charge in [-0.3, -0.25) is 14.6 Å². The van der Waals surface area contributed by atoms with Crippen LogP contribution in [0.5, 0.6) is 17.2 Å². The first-order valence-electron chi connectivity index (χ1n) is 12.3. The summed E-state index contributed by atoms with van der Waals surface area (Å²) in [6.45, 7) is 2.20. The second-order valence-electron chi connectivity index (χ2n) is 9.26. The van der Waals surface area contributed by atoms with Gasteiger partial charge in [-0.25, -0.2) is 0 Å². The number of methoxy groups -OCH3 is 4. The van der Waals surface area contributed by atoms with Crippen LogP contribution in [0.2, 0.25) is 0 Å². The van der Waals surface area contributed by atoms with Gasteiger partial charge in [0.1, 0.15) is 18.3 Å². The molecule has 0 saturated heterocycles. The number of carbonyl (C=O) groups excluding carboxylic acids is 2. The molecule has 1 heterocycles. The van der Waals surface area contributed by atoms with Crippen molar-refractivity contribution >= 4 is 33.4 Å². The Labute approximate surface area is 231 Å². The number of ketones is 1. The van der Waals surface area contributed by atoms with E-state index in [0.29, 0.717) is 40.7 Å². The van der Waals surface area contributed by atoms with Gasteiger partial charge < -0.3 is 23.7 Å². The predicted octanol–water partition coefficient (Wildman–Crippen LogP) is 5.24. The maximum atomic E-state index is 13.9. The number of rotatable bonds is 9. The van der Waals surface area contributed by atoms with Gasteiger partial charge in [-0.2, -0.15) is 0 Å². The van der Waals surface area contributed by atoms with Crippen molar-refractivity contribution in [1.82, 2.24) is 0 Å². The van der Waals surface area contributed by atoms with Gasteiger partial charge in [-0.15, -0.1) is 0 Å². The fraction of sp³-hybridized carbons (Fsp3) is 0.414. The maximum Gasteiger partial charge on any atom is 0.315 e. The lowest BCUT2D eigenvalue weighted by Crippen LogP contribution is -2.38. The summed E-state index contributed by atoms with van der Waals surface area (Å²) in [4.78, 5) is 32.1. The minimum Gasteiger partial charge on any atom is -0.496 e. The number of benzene rings is 2. The Morgan fingerprint density at radius 2 is 1.66 bits per heavy atom. The molecule has 0 bridgehead atoms. The Bertz CT molecular complexity index is 1290. The molecule has 1 aliphatic heterocycles. The number of allylic oxidation sites excluding steroid dienone is 2. The predicted molar refractivity (Wildman–Crippen MR) is 146 cm³/mol. The molecule has 3 atom stereocenters. The average molecular weight is 586 g/mol. The summed E-state index contributed by atoms with van der Waals surface area (Å²) in [6, 6.07) is 11.3. The van der Waals surface area contributed by atoms with E-state index >= 15 is 0 Å². The zero-order valence-corrected chi connectivity index (χ0v) is 23.8. The molecule has 0 aromatic heterocycles. The molecule has 4 rings (SSSR count). The van der Waals surface area contributed by atoms with Crippen LogP contribution in [-0.4, -0.2) is 59.1 Å². The number of carbonyl (C=O) groups is 2. The fourth-order valence-corrected chi connectivity index (χ4v) is 5.69. The molecular weight excluding hydrogens is 554 g/mol. The first-order chi connectivity index (χ1) is 18.3. The van der Waals surface area contributed by atoms with Crippen molar-refractivity contribution < 1.29 is 33.3 Å². The zero-order valence-electron chi connectivity index (χ0n) is 22.2. The first-order valence-corrected chi connectivity index (χ1v) is 13.1. The summed E-state index contributed by atoms with van der Waals surface area (Å²) >= 11 is 3.54. The summed E-state index contributed by atoms with van der Waals surface area (Å²) in [5.74, 6) is -0.130. The second kappa shape index (κ2) is 12.1. The van der Waals surface area contributed by atoms with Crippen LogP contribution in [0.15, 0.2) is 57.1 Å². The van der Waals surface area contributed by atoms with Gasteiger partial charge in [0.05, 0.1) is 27.9 Å². The lowest BCUT2D eigenvalue weighted by Gasteiger charge is -2.37. The number of ether oxygens (including phenoxy) is 5. The molecular formula is C29H32BrNO7. The van der Waals surface area contributed by atoms with Crippen molar-refractivity contribution in [2.75, 3.05) is 41.7 Å². The van der Waals surface area contributed by atoms with E-state index < -0.39 is 17.8 Å². The highest BCUT2D eigenvalue weighted by molar-refractivity contribution is 9.10. The van der Waals surface area contributed by atoms with Crippen molar-refractivity contribution in [3.8, 4) is 17.2 Å². The minimum absolute atomic E-state index is 0.0518. The fourth-order valence-electron chi connectivity index (χ4n) is 5.31. The van der Waals surface area contributed by atoms with Crippen molar-refractivity contribution in [3.05, 3.63) is 63.3 Å². The third kappa shape index (κ3) is 5.49. The number of hydrogen-bond acceptors (Lipinski definition) is 8. The third-order valence-electron chi connectivity index (χ3n) is 7.08. The summed E-state index contributed by atoms with van der Waals surface area (Å²) in [6.07, 6.45) is 0.827. The van der Waals surface area contributed by atoms with E-state index in [-0.39, 0.29) is 31.3 Å². The molecule has 2 aromatic carbocycles. The quantitative estimate of drug-likeness (QED) is 0.293. The molecule has 8 nitrogen and oxygen atoms in total. The van der Waals surface area contributed by atoms with Crippen LogP contribution in [0.3, 0.4) is 0 Å². The highest BCUT2D eigenvalue weighted by Gasteiger charge is 2.46. The third-order valence-corrected chi connectivity index (χ3v) is 7.57. The molecule has 0 radical (unpaired) electrons. The molecule has 9 heteroatoms.